The van der Waals surface area contributed by atoms with Gasteiger partial charge in [0.2, 0.25) is 0 Å². The number of hydrogen-bond acceptors (Lipinski definition) is 4. The Morgan fingerprint density at radius 2 is 1.67 bits per heavy atom. The van der Waals surface area contributed by atoms with Gasteiger partial charge in [0.1, 0.15) is 0 Å². The molecule has 18 heavy (non-hydrogen) atoms. The van der Waals surface area contributed by atoms with Gasteiger partial charge in [0, 0.05) is 12.6 Å². The second-order valence-electron chi connectivity index (χ2n) is 5.96. The van der Waals surface area contributed by atoms with Crippen molar-refractivity contribution in [3.05, 3.63) is 5.82 Å². The van der Waals surface area contributed by atoms with Gasteiger partial charge in [-0.1, -0.05) is 41.5 Å². The Bertz CT molecular complexity index is 335. The normalized spacial score (nSPS) is 12.3. The smallest absolute Gasteiger partial charge is 0.165 e. The summed E-state index contributed by atoms with van der Waals surface area (Å²) in [6, 6.07) is 0.446. The van der Waals surface area contributed by atoms with Crippen molar-refractivity contribution in [2.45, 2.75) is 60.7 Å². The maximum Gasteiger partial charge on any atom is 0.165 e. The van der Waals surface area contributed by atoms with Gasteiger partial charge in [-0.3, -0.25) is 0 Å². The summed E-state index contributed by atoms with van der Waals surface area (Å²) < 4.78 is 1.94. The van der Waals surface area contributed by atoms with Crippen LogP contribution < -0.4 is 5.32 Å². The third-order valence-corrected chi connectivity index (χ3v) is 3.37. The Morgan fingerprint density at radius 3 is 2.17 bits per heavy atom. The number of rotatable bonds is 7. The van der Waals surface area contributed by atoms with Crippen LogP contribution in [0.15, 0.2) is 0 Å². The van der Waals surface area contributed by atoms with E-state index in [9.17, 15) is 0 Å². The van der Waals surface area contributed by atoms with Gasteiger partial charge in [-0.25, -0.2) is 4.68 Å². The first-order valence-electron chi connectivity index (χ1n) is 6.90. The monoisotopic (exact) mass is 253 g/mol. The van der Waals surface area contributed by atoms with Crippen molar-refractivity contribution >= 4 is 0 Å². The lowest BCUT2D eigenvalue weighted by Gasteiger charge is -2.24. The minimum Gasteiger partial charge on any atom is -0.308 e. The Balaban J connectivity index is 2.68. The molecule has 1 heterocycles. The summed E-state index contributed by atoms with van der Waals surface area (Å²) in [5, 5.41) is 15.4. The number of tetrazole rings is 1. The predicted octanol–water partition coefficient (Wildman–Crippen LogP) is 2.10. The first-order chi connectivity index (χ1) is 8.41. The SMILES string of the molecule is CC(C)NCc1nnnn1CC(C(C)C)C(C)C. The van der Waals surface area contributed by atoms with Crippen molar-refractivity contribution in [3.8, 4) is 0 Å². The highest BCUT2D eigenvalue weighted by atomic mass is 15.5. The van der Waals surface area contributed by atoms with Gasteiger partial charge in [0.25, 0.3) is 0 Å². The predicted molar refractivity (Wildman–Crippen MR) is 73.0 cm³/mol. The van der Waals surface area contributed by atoms with E-state index in [0.717, 1.165) is 18.9 Å². The van der Waals surface area contributed by atoms with Gasteiger partial charge < -0.3 is 5.32 Å². The first-order valence-corrected chi connectivity index (χ1v) is 6.90. The Kier molecular flexibility index (Phi) is 5.72. The molecule has 5 heteroatoms. The van der Waals surface area contributed by atoms with Crippen molar-refractivity contribution in [1.29, 1.82) is 0 Å². The van der Waals surface area contributed by atoms with E-state index in [1.165, 1.54) is 0 Å². The zero-order chi connectivity index (χ0) is 13.7. The van der Waals surface area contributed by atoms with Crippen LogP contribution in [-0.2, 0) is 13.1 Å². The summed E-state index contributed by atoms with van der Waals surface area (Å²) in [5.74, 6) is 2.81. The quantitative estimate of drug-likeness (QED) is 0.808. The molecule has 0 saturated heterocycles. The van der Waals surface area contributed by atoms with Crippen molar-refractivity contribution in [2.75, 3.05) is 0 Å². The first kappa shape index (κ1) is 15.1. The van der Waals surface area contributed by atoms with Crippen LogP contribution in [0, 0.1) is 17.8 Å². The minimum atomic E-state index is 0.446. The van der Waals surface area contributed by atoms with Gasteiger partial charge in [0.05, 0.1) is 6.54 Å². The molecule has 0 bridgehead atoms. The van der Waals surface area contributed by atoms with Crippen LogP contribution in [-0.4, -0.2) is 26.2 Å². The highest BCUT2D eigenvalue weighted by Gasteiger charge is 2.20. The molecular formula is C13H27N5. The van der Waals surface area contributed by atoms with Gasteiger partial charge in [0.15, 0.2) is 5.82 Å². The molecule has 0 aliphatic heterocycles. The zero-order valence-electron chi connectivity index (χ0n) is 12.5. The van der Waals surface area contributed by atoms with E-state index in [0.29, 0.717) is 23.8 Å². The largest absolute Gasteiger partial charge is 0.308 e. The van der Waals surface area contributed by atoms with Gasteiger partial charge in [-0.05, 0) is 28.2 Å². The number of aromatic nitrogens is 4. The fraction of sp³-hybridized carbons (Fsp3) is 0.923. The van der Waals surface area contributed by atoms with Crippen LogP contribution in [0.25, 0.3) is 0 Å². The highest BCUT2D eigenvalue weighted by molar-refractivity contribution is 4.82. The van der Waals surface area contributed by atoms with Crippen molar-refractivity contribution in [2.24, 2.45) is 17.8 Å². The van der Waals surface area contributed by atoms with Crippen LogP contribution in [0.2, 0.25) is 0 Å². The maximum absolute atomic E-state index is 4.11. The molecule has 1 aromatic heterocycles. The van der Waals surface area contributed by atoms with Crippen molar-refractivity contribution in [1.82, 2.24) is 25.5 Å². The fourth-order valence-electron chi connectivity index (χ4n) is 2.18. The molecule has 0 atom stereocenters. The van der Waals surface area contributed by atoms with Crippen LogP contribution >= 0.6 is 0 Å². The third kappa shape index (κ3) is 4.37. The van der Waals surface area contributed by atoms with Crippen LogP contribution in [0.4, 0.5) is 0 Å². The van der Waals surface area contributed by atoms with Gasteiger partial charge >= 0.3 is 0 Å². The topological polar surface area (TPSA) is 55.6 Å². The lowest BCUT2D eigenvalue weighted by atomic mass is 9.85. The average molecular weight is 253 g/mol. The lowest BCUT2D eigenvalue weighted by molar-refractivity contribution is 0.237. The van der Waals surface area contributed by atoms with Crippen LogP contribution in [0.5, 0.6) is 0 Å². The van der Waals surface area contributed by atoms with Gasteiger partial charge in [-0.2, -0.15) is 0 Å². The summed E-state index contributed by atoms with van der Waals surface area (Å²) in [6.07, 6.45) is 0. The summed E-state index contributed by atoms with van der Waals surface area (Å²) in [6.45, 7) is 14.9. The van der Waals surface area contributed by atoms with E-state index in [2.05, 4.69) is 62.4 Å². The second kappa shape index (κ2) is 6.83. The van der Waals surface area contributed by atoms with Gasteiger partial charge in [-0.15, -0.1) is 5.10 Å². The third-order valence-electron chi connectivity index (χ3n) is 3.37. The molecule has 0 amide bonds. The molecule has 1 rings (SSSR count). The lowest BCUT2D eigenvalue weighted by Crippen LogP contribution is -2.27. The molecule has 1 aromatic rings. The number of nitrogens with one attached hydrogen (secondary N) is 1. The van der Waals surface area contributed by atoms with E-state index in [4.69, 9.17) is 0 Å². The second-order valence-corrected chi connectivity index (χ2v) is 5.96. The molecule has 0 aromatic carbocycles. The molecule has 0 aliphatic carbocycles. The fourth-order valence-corrected chi connectivity index (χ4v) is 2.18. The van der Waals surface area contributed by atoms with Crippen LogP contribution in [0.1, 0.15) is 47.4 Å². The Hall–Kier alpha value is -0.970. The maximum atomic E-state index is 4.11. The Morgan fingerprint density at radius 1 is 1.06 bits per heavy atom. The molecule has 0 radical (unpaired) electrons. The summed E-state index contributed by atoms with van der Waals surface area (Å²) >= 11 is 0. The molecule has 0 fully saturated rings. The standard InChI is InChI=1S/C13H27N5/c1-9(2)12(10(3)4)8-18-13(15-16-17-18)7-14-11(5)6/h9-12,14H,7-8H2,1-6H3. The molecule has 0 saturated carbocycles. The van der Waals surface area contributed by atoms with Crippen molar-refractivity contribution < 1.29 is 0 Å². The van der Waals surface area contributed by atoms with E-state index >= 15 is 0 Å². The molecule has 1 N–H and O–H groups in total. The molecule has 0 unspecified atom stereocenters. The summed E-state index contributed by atoms with van der Waals surface area (Å²) in [4.78, 5) is 0. The molecule has 104 valence electrons. The number of hydrogen-bond donors (Lipinski definition) is 1. The number of nitrogens with zero attached hydrogens (tertiary/aromatic N) is 4. The van der Waals surface area contributed by atoms with Crippen molar-refractivity contribution in [3.63, 3.8) is 0 Å². The van der Waals surface area contributed by atoms with E-state index in [1.807, 2.05) is 4.68 Å². The average Bonchev–Trinajstić information content (AvgIpc) is 2.69. The van der Waals surface area contributed by atoms with E-state index < -0.39 is 0 Å². The van der Waals surface area contributed by atoms with Crippen LogP contribution in [0.3, 0.4) is 0 Å². The molecule has 0 aliphatic rings. The summed E-state index contributed by atoms with van der Waals surface area (Å²) in [7, 11) is 0. The summed E-state index contributed by atoms with van der Waals surface area (Å²) in [5.41, 5.74) is 0. The minimum absolute atomic E-state index is 0.446. The van der Waals surface area contributed by atoms with E-state index in [-0.39, 0.29) is 0 Å². The van der Waals surface area contributed by atoms with E-state index in [1.54, 1.807) is 0 Å². The zero-order valence-corrected chi connectivity index (χ0v) is 12.5. The molecule has 0 spiro atoms. The molecular weight excluding hydrogens is 226 g/mol. The Labute approximate surface area is 110 Å². The molecule has 5 nitrogen and oxygen atoms in total. The highest BCUT2D eigenvalue weighted by Crippen LogP contribution is 2.22.